The Morgan fingerprint density at radius 2 is 1.75 bits per heavy atom. The minimum Gasteiger partial charge on any atom is -0.359 e. The Morgan fingerprint density at radius 1 is 1.08 bits per heavy atom. The third-order valence-electron chi connectivity index (χ3n) is 5.32. The van der Waals surface area contributed by atoms with Crippen LogP contribution in [0, 0.1) is 5.92 Å². The van der Waals surface area contributed by atoms with Crippen LogP contribution < -0.4 is 4.90 Å². The number of sulfonamides is 1. The normalized spacial score (nSPS) is 20.9. The summed E-state index contributed by atoms with van der Waals surface area (Å²) < 4.78 is 26.9. The predicted molar refractivity (Wildman–Crippen MR) is 96.7 cm³/mol. The number of hydrogen-bond donors (Lipinski definition) is 0. The Morgan fingerprint density at radius 3 is 2.38 bits per heavy atom. The summed E-state index contributed by atoms with van der Waals surface area (Å²) in [5.74, 6) is 1.60. The van der Waals surface area contributed by atoms with E-state index in [1.807, 2.05) is 6.07 Å². The van der Waals surface area contributed by atoms with Crippen LogP contribution in [0.15, 0.2) is 23.2 Å². The summed E-state index contributed by atoms with van der Waals surface area (Å²) in [6.07, 6.45) is 11.2. The largest absolute Gasteiger partial charge is 0.359 e. The number of anilines is 1. The van der Waals surface area contributed by atoms with Gasteiger partial charge in [0.2, 0.25) is 10.0 Å². The topological polar surface area (TPSA) is 53.5 Å². The second kappa shape index (κ2) is 7.83. The molecule has 0 N–H and O–H groups in total. The third kappa shape index (κ3) is 4.09. The van der Waals surface area contributed by atoms with Gasteiger partial charge in [0.25, 0.3) is 0 Å². The van der Waals surface area contributed by atoms with Crippen molar-refractivity contribution in [3.63, 3.8) is 0 Å². The molecule has 1 aliphatic carbocycles. The van der Waals surface area contributed by atoms with Gasteiger partial charge in [-0.25, -0.2) is 13.4 Å². The standard InChI is InChI=1S/C18H29N3O2S/c1-20(15-16-8-4-2-5-9-16)18-11-10-17(14-19-18)24(22,23)21-12-6-3-7-13-21/h10-11,14,16H,2-9,12-13,15H2,1H3. The van der Waals surface area contributed by atoms with Crippen LogP contribution in [0.1, 0.15) is 51.4 Å². The third-order valence-corrected chi connectivity index (χ3v) is 7.20. The van der Waals surface area contributed by atoms with Crippen LogP contribution in [-0.2, 0) is 10.0 Å². The van der Waals surface area contributed by atoms with E-state index in [-0.39, 0.29) is 0 Å². The van der Waals surface area contributed by atoms with Crippen molar-refractivity contribution < 1.29 is 8.42 Å². The Hall–Kier alpha value is -1.14. The molecule has 1 aromatic heterocycles. The first-order valence-corrected chi connectivity index (χ1v) is 10.7. The molecule has 1 saturated carbocycles. The van der Waals surface area contributed by atoms with E-state index in [0.29, 0.717) is 18.0 Å². The Kier molecular flexibility index (Phi) is 5.76. The lowest BCUT2D eigenvalue weighted by Crippen LogP contribution is -2.35. The number of pyridine rings is 1. The molecule has 5 nitrogen and oxygen atoms in total. The zero-order valence-electron chi connectivity index (χ0n) is 14.7. The van der Waals surface area contributed by atoms with Gasteiger partial charge < -0.3 is 4.90 Å². The number of aromatic nitrogens is 1. The van der Waals surface area contributed by atoms with Gasteiger partial charge >= 0.3 is 0 Å². The summed E-state index contributed by atoms with van der Waals surface area (Å²) in [5.41, 5.74) is 0. The molecule has 1 saturated heterocycles. The van der Waals surface area contributed by atoms with Crippen molar-refractivity contribution in [2.24, 2.45) is 5.92 Å². The summed E-state index contributed by atoms with van der Waals surface area (Å²) in [6, 6.07) is 3.56. The van der Waals surface area contributed by atoms with Crippen LogP contribution in [0.25, 0.3) is 0 Å². The van der Waals surface area contributed by atoms with E-state index < -0.39 is 10.0 Å². The zero-order chi connectivity index (χ0) is 17.0. The number of hydrogen-bond acceptors (Lipinski definition) is 4. The fraction of sp³-hybridized carbons (Fsp3) is 0.722. The van der Waals surface area contributed by atoms with Crippen molar-refractivity contribution in [1.82, 2.24) is 9.29 Å². The predicted octanol–water partition coefficient (Wildman–Crippen LogP) is 3.27. The van der Waals surface area contributed by atoms with E-state index >= 15 is 0 Å². The highest BCUT2D eigenvalue weighted by Gasteiger charge is 2.26. The molecule has 0 atom stereocenters. The molecule has 0 unspecified atom stereocenters. The van der Waals surface area contributed by atoms with Crippen LogP contribution in [0.5, 0.6) is 0 Å². The maximum absolute atomic E-state index is 12.7. The molecule has 6 heteroatoms. The summed E-state index contributed by atoms with van der Waals surface area (Å²) in [6.45, 7) is 2.27. The van der Waals surface area contributed by atoms with Gasteiger partial charge in [-0.1, -0.05) is 25.7 Å². The highest BCUT2D eigenvalue weighted by atomic mass is 32.2. The molecule has 134 valence electrons. The van der Waals surface area contributed by atoms with E-state index in [2.05, 4.69) is 16.9 Å². The van der Waals surface area contributed by atoms with Crippen LogP contribution in [-0.4, -0.2) is 44.4 Å². The van der Waals surface area contributed by atoms with Crippen molar-refractivity contribution in [2.45, 2.75) is 56.3 Å². The Balaban J connectivity index is 1.65. The Bertz CT molecular complexity index is 618. The highest BCUT2D eigenvalue weighted by molar-refractivity contribution is 7.89. The summed E-state index contributed by atoms with van der Waals surface area (Å²) in [7, 11) is -1.33. The maximum atomic E-state index is 12.7. The summed E-state index contributed by atoms with van der Waals surface area (Å²) in [4.78, 5) is 6.90. The number of nitrogens with zero attached hydrogens (tertiary/aromatic N) is 3. The number of rotatable bonds is 5. The fourth-order valence-electron chi connectivity index (χ4n) is 3.86. The van der Waals surface area contributed by atoms with Crippen LogP contribution >= 0.6 is 0 Å². The quantitative estimate of drug-likeness (QED) is 0.817. The second-order valence-corrected chi connectivity index (χ2v) is 9.14. The van der Waals surface area contributed by atoms with Crippen molar-refractivity contribution in [1.29, 1.82) is 0 Å². The maximum Gasteiger partial charge on any atom is 0.244 e. The van der Waals surface area contributed by atoms with E-state index in [1.54, 1.807) is 10.4 Å². The molecule has 0 bridgehead atoms. The molecular formula is C18H29N3O2S. The van der Waals surface area contributed by atoms with E-state index in [4.69, 9.17) is 0 Å². The van der Waals surface area contributed by atoms with E-state index in [9.17, 15) is 8.42 Å². The van der Waals surface area contributed by atoms with Gasteiger partial charge in [0.05, 0.1) is 0 Å². The molecule has 24 heavy (non-hydrogen) atoms. The molecule has 1 aliphatic heterocycles. The molecule has 1 aromatic rings. The SMILES string of the molecule is CN(CC1CCCCC1)c1ccc(S(=O)(=O)N2CCCCC2)cn1. The average molecular weight is 352 g/mol. The molecule has 0 spiro atoms. The first-order chi connectivity index (χ1) is 11.6. The fourth-order valence-corrected chi connectivity index (χ4v) is 5.32. The van der Waals surface area contributed by atoms with Crippen LogP contribution in [0.2, 0.25) is 0 Å². The molecule has 2 aliphatic rings. The lowest BCUT2D eigenvalue weighted by Gasteiger charge is -2.28. The van der Waals surface area contributed by atoms with Crippen molar-refractivity contribution in [3.8, 4) is 0 Å². The van der Waals surface area contributed by atoms with Gasteiger partial charge in [-0.3, -0.25) is 0 Å². The van der Waals surface area contributed by atoms with Gasteiger partial charge in [0.15, 0.2) is 0 Å². The smallest absolute Gasteiger partial charge is 0.244 e. The average Bonchev–Trinajstić information content (AvgIpc) is 2.63. The lowest BCUT2D eigenvalue weighted by molar-refractivity contribution is 0.346. The van der Waals surface area contributed by atoms with E-state index in [0.717, 1.165) is 37.5 Å². The minimum absolute atomic E-state index is 0.319. The molecule has 3 rings (SSSR count). The number of piperidine rings is 1. The van der Waals surface area contributed by atoms with Crippen molar-refractivity contribution >= 4 is 15.8 Å². The van der Waals surface area contributed by atoms with Gasteiger partial charge in [-0.15, -0.1) is 0 Å². The Labute approximate surface area is 146 Å². The molecule has 0 amide bonds. The summed E-state index contributed by atoms with van der Waals surface area (Å²) >= 11 is 0. The van der Waals surface area contributed by atoms with Gasteiger partial charge in [0.1, 0.15) is 10.7 Å². The highest BCUT2D eigenvalue weighted by Crippen LogP contribution is 2.26. The van der Waals surface area contributed by atoms with Crippen LogP contribution in [0.3, 0.4) is 0 Å². The van der Waals surface area contributed by atoms with Gasteiger partial charge in [-0.05, 0) is 43.7 Å². The lowest BCUT2D eigenvalue weighted by atomic mass is 9.89. The monoisotopic (exact) mass is 351 g/mol. The van der Waals surface area contributed by atoms with Crippen LogP contribution in [0.4, 0.5) is 5.82 Å². The van der Waals surface area contributed by atoms with Gasteiger partial charge in [0, 0.05) is 32.9 Å². The second-order valence-electron chi connectivity index (χ2n) is 7.20. The molecule has 2 heterocycles. The van der Waals surface area contributed by atoms with Gasteiger partial charge in [-0.2, -0.15) is 4.31 Å². The van der Waals surface area contributed by atoms with Crippen molar-refractivity contribution in [2.75, 3.05) is 31.6 Å². The first-order valence-electron chi connectivity index (χ1n) is 9.25. The summed E-state index contributed by atoms with van der Waals surface area (Å²) in [5, 5.41) is 0. The molecular weight excluding hydrogens is 322 g/mol. The zero-order valence-corrected chi connectivity index (χ0v) is 15.5. The molecule has 2 fully saturated rings. The molecule has 0 aromatic carbocycles. The van der Waals surface area contributed by atoms with Crippen molar-refractivity contribution in [3.05, 3.63) is 18.3 Å². The van der Waals surface area contributed by atoms with E-state index in [1.165, 1.54) is 38.3 Å². The minimum atomic E-state index is -3.38. The molecule has 0 radical (unpaired) electrons. The first kappa shape index (κ1) is 17.7.